The second-order valence-electron chi connectivity index (χ2n) is 5.01. The van der Waals surface area contributed by atoms with E-state index in [1.807, 2.05) is 0 Å². The van der Waals surface area contributed by atoms with E-state index in [2.05, 4.69) is 31.1 Å². The summed E-state index contributed by atoms with van der Waals surface area (Å²) in [5.41, 5.74) is 0.536. The third kappa shape index (κ3) is 6.90. The Morgan fingerprint density at radius 2 is 2.05 bits per heavy atom. The molecule has 5 heteroatoms. The Hall–Kier alpha value is -1.88. The van der Waals surface area contributed by atoms with E-state index in [1.165, 1.54) is 0 Å². The Morgan fingerprint density at radius 1 is 1.38 bits per heavy atom. The van der Waals surface area contributed by atoms with Crippen LogP contribution < -0.4 is 15.4 Å². The standard InChI is InChI=1S/C16H22N2O2S/c1-4-10-17-16(21)18-15(19)13-5-7-14(8-6-13)20-11-9-12(2)3/h4-8,12H,1,9-11H2,2-3H3,(H2,17,18,19,21). The van der Waals surface area contributed by atoms with Crippen LogP contribution in [0.25, 0.3) is 0 Å². The van der Waals surface area contributed by atoms with Gasteiger partial charge in [0.15, 0.2) is 5.11 Å². The highest BCUT2D eigenvalue weighted by atomic mass is 32.1. The van der Waals surface area contributed by atoms with Gasteiger partial charge in [0.25, 0.3) is 5.91 Å². The number of nitrogens with one attached hydrogen (secondary N) is 2. The minimum Gasteiger partial charge on any atom is -0.494 e. The number of ether oxygens (including phenoxy) is 1. The minimum absolute atomic E-state index is 0.245. The molecular formula is C16H22N2O2S. The van der Waals surface area contributed by atoms with Crippen molar-refractivity contribution in [2.75, 3.05) is 13.2 Å². The van der Waals surface area contributed by atoms with E-state index >= 15 is 0 Å². The Kier molecular flexibility index (Phi) is 7.46. The second-order valence-corrected chi connectivity index (χ2v) is 5.42. The van der Waals surface area contributed by atoms with Gasteiger partial charge in [0.1, 0.15) is 5.75 Å². The first kappa shape index (κ1) is 17.2. The first-order chi connectivity index (χ1) is 10.0. The maximum absolute atomic E-state index is 11.9. The van der Waals surface area contributed by atoms with E-state index in [0.29, 0.717) is 24.6 Å². The summed E-state index contributed by atoms with van der Waals surface area (Å²) in [5, 5.41) is 5.73. The van der Waals surface area contributed by atoms with E-state index in [4.69, 9.17) is 17.0 Å². The number of hydrogen-bond acceptors (Lipinski definition) is 3. The predicted molar refractivity (Wildman–Crippen MR) is 89.7 cm³/mol. The number of thiocarbonyl (C=S) groups is 1. The van der Waals surface area contributed by atoms with Crippen LogP contribution in [0.5, 0.6) is 5.75 Å². The maximum atomic E-state index is 11.9. The zero-order chi connectivity index (χ0) is 15.7. The van der Waals surface area contributed by atoms with Crippen molar-refractivity contribution >= 4 is 23.2 Å². The fraction of sp³-hybridized carbons (Fsp3) is 0.375. The van der Waals surface area contributed by atoms with E-state index in [-0.39, 0.29) is 11.0 Å². The lowest BCUT2D eigenvalue weighted by atomic mass is 10.1. The van der Waals surface area contributed by atoms with E-state index < -0.39 is 0 Å². The van der Waals surface area contributed by atoms with Crippen LogP contribution in [0.15, 0.2) is 36.9 Å². The Bertz CT molecular complexity index is 484. The van der Waals surface area contributed by atoms with Gasteiger partial charge >= 0.3 is 0 Å². The molecule has 21 heavy (non-hydrogen) atoms. The van der Waals surface area contributed by atoms with Gasteiger partial charge < -0.3 is 10.1 Å². The number of benzene rings is 1. The summed E-state index contributed by atoms with van der Waals surface area (Å²) in [5.74, 6) is 1.13. The van der Waals surface area contributed by atoms with E-state index in [1.54, 1.807) is 30.3 Å². The molecule has 0 radical (unpaired) electrons. The third-order valence-corrected chi connectivity index (χ3v) is 2.96. The predicted octanol–water partition coefficient (Wildman–Crippen LogP) is 2.90. The maximum Gasteiger partial charge on any atom is 0.257 e. The van der Waals surface area contributed by atoms with Crippen LogP contribution in [0, 0.1) is 5.92 Å². The SMILES string of the molecule is C=CCNC(=S)NC(=O)c1ccc(OCCC(C)C)cc1. The van der Waals surface area contributed by atoms with Crippen molar-refractivity contribution in [2.45, 2.75) is 20.3 Å². The van der Waals surface area contributed by atoms with Crippen LogP contribution in [-0.2, 0) is 0 Å². The Morgan fingerprint density at radius 3 is 2.62 bits per heavy atom. The lowest BCUT2D eigenvalue weighted by molar-refractivity contribution is 0.0976. The monoisotopic (exact) mass is 306 g/mol. The van der Waals surface area contributed by atoms with E-state index in [0.717, 1.165) is 12.2 Å². The van der Waals surface area contributed by atoms with Crippen LogP contribution in [-0.4, -0.2) is 24.2 Å². The van der Waals surface area contributed by atoms with Gasteiger partial charge in [0.2, 0.25) is 0 Å². The van der Waals surface area contributed by atoms with Gasteiger partial charge in [0.05, 0.1) is 6.61 Å². The van der Waals surface area contributed by atoms with Crippen molar-refractivity contribution in [3.05, 3.63) is 42.5 Å². The molecule has 1 rings (SSSR count). The third-order valence-electron chi connectivity index (χ3n) is 2.71. The van der Waals surface area contributed by atoms with Gasteiger partial charge in [-0.3, -0.25) is 10.1 Å². The topological polar surface area (TPSA) is 50.4 Å². The molecule has 2 N–H and O–H groups in total. The van der Waals surface area contributed by atoms with Gasteiger partial charge in [-0.15, -0.1) is 6.58 Å². The Labute approximate surface area is 131 Å². The van der Waals surface area contributed by atoms with Crippen molar-refractivity contribution in [1.29, 1.82) is 0 Å². The van der Waals surface area contributed by atoms with Gasteiger partial charge in [-0.05, 0) is 48.8 Å². The van der Waals surface area contributed by atoms with Gasteiger partial charge in [-0.25, -0.2) is 0 Å². The molecule has 0 aliphatic rings. The summed E-state index contributed by atoms with van der Waals surface area (Å²) in [7, 11) is 0. The number of carbonyl (C=O) groups is 1. The number of carbonyl (C=O) groups excluding carboxylic acids is 1. The smallest absolute Gasteiger partial charge is 0.257 e. The molecule has 0 aromatic heterocycles. The van der Waals surface area contributed by atoms with Gasteiger partial charge in [-0.1, -0.05) is 19.9 Å². The van der Waals surface area contributed by atoms with Crippen LogP contribution >= 0.6 is 12.2 Å². The Balaban J connectivity index is 2.47. The van der Waals surface area contributed by atoms with E-state index in [9.17, 15) is 4.79 Å². The summed E-state index contributed by atoms with van der Waals surface area (Å²) in [6, 6.07) is 7.01. The van der Waals surface area contributed by atoms with Crippen LogP contribution in [0.4, 0.5) is 0 Å². The number of rotatable bonds is 7. The molecule has 0 aliphatic carbocycles. The van der Waals surface area contributed by atoms with Crippen molar-refractivity contribution in [3.63, 3.8) is 0 Å². The summed E-state index contributed by atoms with van der Waals surface area (Å²) in [6.07, 6.45) is 2.67. The molecule has 114 valence electrons. The molecule has 4 nitrogen and oxygen atoms in total. The van der Waals surface area contributed by atoms with Gasteiger partial charge in [0, 0.05) is 12.1 Å². The molecular weight excluding hydrogens is 284 g/mol. The summed E-state index contributed by atoms with van der Waals surface area (Å²) < 4.78 is 5.60. The molecule has 0 heterocycles. The largest absolute Gasteiger partial charge is 0.494 e. The molecule has 0 atom stereocenters. The molecule has 0 spiro atoms. The first-order valence-electron chi connectivity index (χ1n) is 6.96. The minimum atomic E-state index is -0.245. The van der Waals surface area contributed by atoms with Crippen molar-refractivity contribution in [3.8, 4) is 5.75 Å². The zero-order valence-electron chi connectivity index (χ0n) is 12.5. The normalized spacial score (nSPS) is 10.0. The molecule has 0 saturated heterocycles. The van der Waals surface area contributed by atoms with Crippen LogP contribution in [0.1, 0.15) is 30.6 Å². The van der Waals surface area contributed by atoms with Crippen LogP contribution in [0.2, 0.25) is 0 Å². The lowest BCUT2D eigenvalue weighted by Crippen LogP contribution is -2.39. The van der Waals surface area contributed by atoms with Crippen molar-refractivity contribution in [1.82, 2.24) is 10.6 Å². The average molecular weight is 306 g/mol. The summed E-state index contributed by atoms with van der Waals surface area (Å²) in [6.45, 7) is 9.07. The van der Waals surface area contributed by atoms with Crippen molar-refractivity contribution in [2.24, 2.45) is 5.92 Å². The van der Waals surface area contributed by atoms with Crippen molar-refractivity contribution < 1.29 is 9.53 Å². The number of amides is 1. The average Bonchev–Trinajstić information content (AvgIpc) is 2.45. The second kappa shape index (κ2) is 9.13. The molecule has 0 unspecified atom stereocenters. The van der Waals surface area contributed by atoms with Crippen LogP contribution in [0.3, 0.4) is 0 Å². The quantitative estimate of drug-likeness (QED) is 0.601. The fourth-order valence-corrected chi connectivity index (χ4v) is 1.68. The molecule has 0 bridgehead atoms. The molecule has 1 amide bonds. The highest BCUT2D eigenvalue weighted by Crippen LogP contribution is 2.13. The number of hydrogen-bond donors (Lipinski definition) is 2. The zero-order valence-corrected chi connectivity index (χ0v) is 13.3. The molecule has 0 fully saturated rings. The molecule has 1 aromatic carbocycles. The highest BCUT2D eigenvalue weighted by Gasteiger charge is 2.07. The molecule has 0 saturated carbocycles. The first-order valence-corrected chi connectivity index (χ1v) is 7.36. The highest BCUT2D eigenvalue weighted by molar-refractivity contribution is 7.80. The fourth-order valence-electron chi connectivity index (χ4n) is 1.50. The lowest BCUT2D eigenvalue weighted by Gasteiger charge is -2.10. The molecule has 1 aromatic rings. The molecule has 0 aliphatic heterocycles. The van der Waals surface area contributed by atoms with Gasteiger partial charge in [-0.2, -0.15) is 0 Å². The summed E-state index contributed by atoms with van der Waals surface area (Å²) in [4.78, 5) is 11.9. The summed E-state index contributed by atoms with van der Waals surface area (Å²) >= 11 is 4.99.